The topological polar surface area (TPSA) is 268 Å². The van der Waals surface area contributed by atoms with Crippen LogP contribution in [0.5, 0.6) is 5.75 Å². The number of aromatic nitrogens is 1. The molecule has 2 amide bonds. The number of carbonyl (C=O) groups is 3. The summed E-state index contributed by atoms with van der Waals surface area (Å²) in [6.07, 6.45) is 3.47. The van der Waals surface area contributed by atoms with Crippen LogP contribution in [-0.2, 0) is 45.1 Å². The first kappa shape index (κ1) is 37.9. The molecule has 0 spiro atoms. The monoisotopic (exact) mass is 751 g/mol. The number of methoxy groups -OCH3 is 1. The molecule has 0 radical (unpaired) electrons. The van der Waals surface area contributed by atoms with E-state index in [0.717, 1.165) is 54.8 Å². The van der Waals surface area contributed by atoms with E-state index in [-0.39, 0.29) is 23.3 Å². The third kappa shape index (κ3) is 8.25. The third-order valence-corrected chi connectivity index (χ3v) is 10.3. The van der Waals surface area contributed by atoms with E-state index in [9.17, 15) is 27.9 Å². The lowest BCUT2D eigenvalue weighted by atomic mass is 9.84. The van der Waals surface area contributed by atoms with Crippen LogP contribution in [0, 0.1) is 5.92 Å². The predicted octanol–water partition coefficient (Wildman–Crippen LogP) is 1.43. The fraction of sp³-hybridized carbons (Fsp3) is 0.548. The molecule has 18 nitrogen and oxygen atoms in total. The van der Waals surface area contributed by atoms with Crippen LogP contribution in [0.3, 0.4) is 0 Å². The number of amides is 2. The highest BCUT2D eigenvalue weighted by Gasteiger charge is 2.58. The molecule has 5 rings (SSSR count). The molecular weight excluding hydrogens is 711 g/mol. The Morgan fingerprint density at radius 3 is 2.53 bits per heavy atom. The van der Waals surface area contributed by atoms with Crippen LogP contribution in [0.2, 0.25) is 0 Å². The quantitative estimate of drug-likeness (QED) is 0.0637. The lowest BCUT2D eigenvalue weighted by Gasteiger charge is -2.50. The first-order valence-electron chi connectivity index (χ1n) is 16.1. The molecule has 2 fully saturated rings. The highest BCUT2D eigenvalue weighted by molar-refractivity contribution is 7.80. The van der Waals surface area contributed by atoms with Crippen molar-refractivity contribution in [1.29, 1.82) is 0 Å². The van der Waals surface area contributed by atoms with Crippen LogP contribution >= 0.6 is 11.3 Å². The van der Waals surface area contributed by atoms with E-state index in [1.54, 1.807) is 19.2 Å². The van der Waals surface area contributed by atoms with E-state index in [1.807, 2.05) is 6.07 Å². The normalized spacial score (nSPS) is 24.8. The number of fused-ring (bicyclic) bond motifs is 1. The summed E-state index contributed by atoms with van der Waals surface area (Å²) >= 11 is 0.968. The molecule has 7 N–H and O–H groups in total. The number of oxime groups is 1. The lowest BCUT2D eigenvalue weighted by Crippen LogP contribution is -2.76. The first-order chi connectivity index (χ1) is 23.9. The van der Waals surface area contributed by atoms with E-state index >= 15 is 0 Å². The average Bonchev–Trinajstić information content (AvgIpc) is 3.51. The smallest absolute Gasteiger partial charge is 0.418 e. The number of aliphatic imine (C=N–C) groups is 1. The number of aryl methyl sites for hydroxylation is 1. The molecule has 1 aliphatic carbocycles. The number of carbonyl (C=O) groups excluding carboxylic acids is 2. The van der Waals surface area contributed by atoms with Gasteiger partial charge in [0.15, 0.2) is 16.9 Å². The van der Waals surface area contributed by atoms with Gasteiger partial charge in [0.2, 0.25) is 0 Å². The Kier molecular flexibility index (Phi) is 10.9. The maximum atomic E-state index is 13.5. The van der Waals surface area contributed by atoms with Crippen molar-refractivity contribution in [2.24, 2.45) is 21.8 Å². The van der Waals surface area contributed by atoms with E-state index < -0.39 is 57.2 Å². The summed E-state index contributed by atoms with van der Waals surface area (Å²) in [5.41, 5.74) is 9.55. The highest BCUT2D eigenvalue weighted by atomic mass is 32.3. The minimum absolute atomic E-state index is 0.0611. The van der Waals surface area contributed by atoms with E-state index in [1.165, 1.54) is 26.2 Å². The van der Waals surface area contributed by atoms with Gasteiger partial charge >= 0.3 is 16.4 Å². The summed E-state index contributed by atoms with van der Waals surface area (Å²) in [5, 5.41) is 18.5. The molecule has 2 aromatic rings. The Morgan fingerprint density at radius 1 is 1.24 bits per heavy atom. The van der Waals surface area contributed by atoms with Gasteiger partial charge in [0, 0.05) is 24.7 Å². The minimum atomic E-state index is -5.03. The number of ether oxygens (including phenoxy) is 2. The van der Waals surface area contributed by atoms with Crippen LogP contribution in [-0.4, -0.2) is 100 Å². The van der Waals surface area contributed by atoms with Crippen LogP contribution in [0.1, 0.15) is 69.7 Å². The van der Waals surface area contributed by atoms with Crippen LogP contribution in [0.15, 0.2) is 33.7 Å². The zero-order chi connectivity index (χ0) is 37.3. The van der Waals surface area contributed by atoms with Crippen molar-refractivity contribution in [3.05, 3.63) is 40.4 Å². The molecule has 0 bridgehead atoms. The predicted molar refractivity (Wildman–Crippen MR) is 183 cm³/mol. The Labute approximate surface area is 298 Å². The number of carboxylic acid groups (broad SMARTS) is 1. The van der Waals surface area contributed by atoms with Crippen LogP contribution < -0.4 is 21.5 Å². The van der Waals surface area contributed by atoms with Crippen molar-refractivity contribution in [1.82, 2.24) is 15.4 Å². The van der Waals surface area contributed by atoms with Crippen LogP contribution in [0.25, 0.3) is 0 Å². The fourth-order valence-electron chi connectivity index (χ4n) is 6.28. The number of anilines is 1. The molecule has 1 aromatic heterocycles. The number of carboxylic acids is 1. The van der Waals surface area contributed by atoms with Gasteiger partial charge in [-0.15, -0.1) is 15.6 Å². The van der Waals surface area contributed by atoms with Gasteiger partial charge in [-0.3, -0.25) is 19.1 Å². The van der Waals surface area contributed by atoms with Gasteiger partial charge in [-0.25, -0.2) is 9.78 Å². The van der Waals surface area contributed by atoms with Crippen molar-refractivity contribution in [2.75, 3.05) is 19.5 Å². The number of hydroxylamine groups is 2. The van der Waals surface area contributed by atoms with Gasteiger partial charge in [-0.05, 0) is 89.0 Å². The molecule has 3 aliphatic rings. The number of nitrogens with one attached hydrogen (secondary N) is 1. The summed E-state index contributed by atoms with van der Waals surface area (Å²) in [6.45, 7) is 4.74. The molecule has 20 heteroatoms. The summed E-state index contributed by atoms with van der Waals surface area (Å²) in [4.78, 5) is 53.2. The number of thiazole rings is 1. The van der Waals surface area contributed by atoms with Crippen molar-refractivity contribution >= 4 is 56.2 Å². The maximum Gasteiger partial charge on any atom is 0.418 e. The van der Waals surface area contributed by atoms with Crippen molar-refractivity contribution in [3.63, 3.8) is 0 Å². The van der Waals surface area contributed by atoms with Gasteiger partial charge in [0.1, 0.15) is 23.3 Å². The van der Waals surface area contributed by atoms with Gasteiger partial charge in [-0.1, -0.05) is 5.16 Å². The number of nitrogens with two attached hydrogens (primary N) is 2. The molecule has 3 heterocycles. The molecule has 1 saturated heterocycles. The maximum absolute atomic E-state index is 13.5. The number of benzene rings is 1. The number of β-lactam (4-membered cyclic amide) rings is 1. The van der Waals surface area contributed by atoms with Gasteiger partial charge in [0.25, 0.3) is 17.4 Å². The van der Waals surface area contributed by atoms with Crippen molar-refractivity contribution in [3.8, 4) is 5.75 Å². The number of nitrogen functional groups attached to an aromatic ring is 1. The third-order valence-electron chi connectivity index (χ3n) is 9.31. The van der Waals surface area contributed by atoms with Crippen LogP contribution in [0.4, 0.5) is 5.13 Å². The zero-order valence-electron chi connectivity index (χ0n) is 28.4. The van der Waals surface area contributed by atoms with Crippen molar-refractivity contribution < 1.29 is 51.1 Å². The summed E-state index contributed by atoms with van der Waals surface area (Å²) < 4.78 is 47.1. The first-order valence-corrected chi connectivity index (χ1v) is 18.3. The number of aliphatic carboxylic acids is 1. The summed E-state index contributed by atoms with van der Waals surface area (Å²) in [5.74, 6) is -2.06. The number of nitrogens with zero attached hydrogens (tertiary/aromatic N) is 4. The summed E-state index contributed by atoms with van der Waals surface area (Å²) in [6, 6.07) is 4.12. The Bertz CT molecular complexity index is 1840. The number of hydrogen-bond donors (Lipinski definition) is 5. The van der Waals surface area contributed by atoms with E-state index in [2.05, 4.69) is 19.7 Å². The van der Waals surface area contributed by atoms with Gasteiger partial charge < -0.3 is 36.2 Å². The molecule has 0 unspecified atom stereocenters. The minimum Gasteiger partial charge on any atom is -0.485 e. The second-order valence-corrected chi connectivity index (χ2v) is 15.2. The molecule has 3 atom stereocenters. The van der Waals surface area contributed by atoms with Gasteiger partial charge in [0.05, 0.1) is 11.6 Å². The molecule has 2 aliphatic heterocycles. The number of rotatable bonds is 13. The Balaban J connectivity index is 1.31. The second-order valence-electron chi connectivity index (χ2n) is 13.3. The molecule has 1 saturated carbocycles. The SMILES string of the molecule is COCC1CCC(N=C(N)c2ccc3c(c2)CC[C@H]([C@](C)(O/N=C(\C(=O)N[C@@H]2C(=O)N(OS(=O)(=O)O)C2(C)C)c2csc(N)n2)C(=O)O)O3)CC1. The molecule has 278 valence electrons. The second kappa shape index (κ2) is 14.7. The zero-order valence-corrected chi connectivity index (χ0v) is 30.0. The number of amidine groups is 1. The Hall–Kier alpha value is -4.37. The molecular formula is C31H41N7O11S2. The molecule has 1 aromatic carbocycles. The Morgan fingerprint density at radius 2 is 1.94 bits per heavy atom. The average molecular weight is 752 g/mol. The van der Waals surface area contributed by atoms with Gasteiger partial charge in [-0.2, -0.15) is 13.5 Å². The highest BCUT2D eigenvalue weighted by Crippen LogP contribution is 2.36. The lowest BCUT2D eigenvalue weighted by molar-refractivity contribution is -0.218. The fourth-order valence-corrected chi connectivity index (χ4v) is 7.28. The van der Waals surface area contributed by atoms with E-state index in [4.69, 9.17) is 35.3 Å². The number of hydrogen-bond acceptors (Lipinski definition) is 14. The standard InChI is InChI=1S/C31H41N7O11S2/c1-30(2)24(27(40)38(30)49-51(43,44)45)36-26(39)23(20-15-50-29(33)35-20)37-48-31(3,28(41)42)22-12-8-17-13-18(7-11-21(17)47-22)25(32)34-19-9-5-16(6-10-19)14-46-4/h7,11,13,15-16,19,22,24H,5-6,8-10,12,14H2,1-4H3,(H2,32,34)(H2,33,35)(H,36,39)(H,41,42)(H,43,44,45)/b37-23-/t16?,19?,22-,24-,31+/m1/s1. The van der Waals surface area contributed by atoms with E-state index in [0.29, 0.717) is 29.0 Å². The molecule has 51 heavy (non-hydrogen) atoms. The van der Waals surface area contributed by atoms with Crippen molar-refractivity contribution in [2.45, 2.75) is 88.6 Å². The largest absolute Gasteiger partial charge is 0.485 e. The summed E-state index contributed by atoms with van der Waals surface area (Å²) in [7, 11) is -3.32.